The summed E-state index contributed by atoms with van der Waals surface area (Å²) in [6.45, 7) is 0. The van der Waals surface area contributed by atoms with Crippen molar-refractivity contribution in [1.29, 1.82) is 0 Å². The van der Waals surface area contributed by atoms with Gasteiger partial charge in [-0.25, -0.2) is 9.97 Å². The van der Waals surface area contributed by atoms with Gasteiger partial charge in [-0.1, -0.05) is 12.1 Å². The third kappa shape index (κ3) is 2.22. The van der Waals surface area contributed by atoms with E-state index in [1.54, 1.807) is 0 Å². The Morgan fingerprint density at radius 2 is 2.05 bits per heavy atom. The first-order chi connectivity index (χ1) is 9.79. The van der Waals surface area contributed by atoms with E-state index in [0.717, 1.165) is 18.5 Å². The Bertz CT molecular complexity index is 654. The Hall–Kier alpha value is -2.43. The summed E-state index contributed by atoms with van der Waals surface area (Å²) in [4.78, 5) is 19.1. The van der Waals surface area contributed by atoms with Crippen molar-refractivity contribution < 1.29 is 4.79 Å². The Morgan fingerprint density at radius 3 is 2.90 bits per heavy atom. The molecule has 1 aliphatic carbocycles. The molecule has 0 fully saturated rings. The molecule has 1 aliphatic rings. The molecule has 0 bridgehead atoms. The minimum atomic E-state index is 0.197. The van der Waals surface area contributed by atoms with Crippen LogP contribution in [0.15, 0.2) is 24.5 Å². The first-order valence-corrected chi connectivity index (χ1v) is 6.73. The van der Waals surface area contributed by atoms with E-state index in [4.69, 9.17) is 5.73 Å². The van der Waals surface area contributed by atoms with Crippen LogP contribution in [0.1, 0.15) is 34.3 Å². The van der Waals surface area contributed by atoms with Crippen LogP contribution in [0.3, 0.4) is 0 Å². The Labute approximate surface area is 117 Å². The number of aryl methyl sites for hydroxylation is 1. The summed E-state index contributed by atoms with van der Waals surface area (Å²) < 4.78 is 0. The number of aldehydes is 1. The summed E-state index contributed by atoms with van der Waals surface area (Å²) in [5, 5.41) is 3.23. The van der Waals surface area contributed by atoms with Gasteiger partial charge in [0.1, 0.15) is 18.0 Å². The Balaban J connectivity index is 2.00. The molecule has 1 aromatic heterocycles. The third-order valence-corrected chi connectivity index (χ3v) is 3.68. The molecule has 0 saturated carbocycles. The van der Waals surface area contributed by atoms with Gasteiger partial charge in [0.2, 0.25) is 0 Å². The fourth-order valence-electron chi connectivity index (χ4n) is 2.65. The fraction of sp³-hybridized carbons (Fsp3) is 0.267. The zero-order valence-electron chi connectivity index (χ0n) is 11.1. The van der Waals surface area contributed by atoms with Crippen LogP contribution in [-0.4, -0.2) is 16.3 Å². The highest BCUT2D eigenvalue weighted by molar-refractivity contribution is 5.89. The molecule has 2 aromatic rings. The average Bonchev–Trinajstić information content (AvgIpc) is 2.48. The van der Waals surface area contributed by atoms with Gasteiger partial charge in [0.15, 0.2) is 6.29 Å². The number of nitrogens with one attached hydrogen (secondary N) is 1. The molecular weight excluding hydrogens is 252 g/mol. The lowest BCUT2D eigenvalue weighted by Crippen LogP contribution is -2.09. The number of hydrogen-bond acceptors (Lipinski definition) is 5. The van der Waals surface area contributed by atoms with E-state index >= 15 is 0 Å². The molecule has 0 saturated heterocycles. The van der Waals surface area contributed by atoms with Crippen LogP contribution in [0.5, 0.6) is 0 Å². The fourth-order valence-corrected chi connectivity index (χ4v) is 2.65. The molecule has 0 amide bonds. The van der Waals surface area contributed by atoms with E-state index in [2.05, 4.69) is 21.4 Å². The van der Waals surface area contributed by atoms with E-state index in [9.17, 15) is 4.79 Å². The predicted molar refractivity (Wildman–Crippen MR) is 78.2 cm³/mol. The Kier molecular flexibility index (Phi) is 3.33. The molecule has 0 unspecified atom stereocenters. The summed E-state index contributed by atoms with van der Waals surface area (Å²) in [5.74, 6) is 0.661. The van der Waals surface area contributed by atoms with Gasteiger partial charge in [-0.2, -0.15) is 0 Å². The van der Waals surface area contributed by atoms with Crippen molar-refractivity contribution in [1.82, 2.24) is 9.97 Å². The molecule has 5 heteroatoms. The molecule has 0 spiro atoms. The summed E-state index contributed by atoms with van der Waals surface area (Å²) in [6, 6.07) is 6.20. The molecule has 0 atom stereocenters. The number of anilines is 3. The van der Waals surface area contributed by atoms with E-state index in [-0.39, 0.29) is 5.82 Å². The van der Waals surface area contributed by atoms with Crippen LogP contribution >= 0.6 is 0 Å². The first-order valence-electron chi connectivity index (χ1n) is 6.73. The highest BCUT2D eigenvalue weighted by Crippen LogP contribution is 2.30. The molecule has 1 aromatic carbocycles. The standard InChI is InChI=1S/C15H16N4O/c16-14-12(8-20)15(18-9-17-14)19-13-7-3-5-10-4-1-2-6-11(10)13/h3,5,7-9H,1-2,4,6H2,(H3,16,17,18,19). The summed E-state index contributed by atoms with van der Waals surface area (Å²) in [7, 11) is 0. The van der Waals surface area contributed by atoms with E-state index in [1.807, 2.05) is 12.1 Å². The second kappa shape index (κ2) is 5.28. The number of nitrogens with two attached hydrogens (primary N) is 1. The second-order valence-corrected chi connectivity index (χ2v) is 4.91. The highest BCUT2D eigenvalue weighted by atomic mass is 16.1. The lowest BCUT2D eigenvalue weighted by molar-refractivity contribution is 0.112. The van der Waals surface area contributed by atoms with Gasteiger partial charge in [0.25, 0.3) is 0 Å². The maximum absolute atomic E-state index is 11.1. The van der Waals surface area contributed by atoms with Gasteiger partial charge < -0.3 is 11.1 Å². The summed E-state index contributed by atoms with van der Waals surface area (Å²) >= 11 is 0. The molecule has 1 heterocycles. The molecular formula is C15H16N4O. The van der Waals surface area contributed by atoms with Crippen molar-refractivity contribution in [2.75, 3.05) is 11.1 Å². The van der Waals surface area contributed by atoms with E-state index in [1.165, 1.54) is 30.3 Å². The topological polar surface area (TPSA) is 80.9 Å². The number of carbonyl (C=O) groups excluding carboxylic acids is 1. The number of fused-ring (bicyclic) bond motifs is 1. The average molecular weight is 268 g/mol. The van der Waals surface area contributed by atoms with Crippen molar-refractivity contribution in [3.05, 3.63) is 41.2 Å². The molecule has 102 valence electrons. The zero-order valence-corrected chi connectivity index (χ0v) is 11.1. The van der Waals surface area contributed by atoms with Gasteiger partial charge in [0, 0.05) is 5.69 Å². The van der Waals surface area contributed by atoms with Crippen molar-refractivity contribution in [2.45, 2.75) is 25.7 Å². The van der Waals surface area contributed by atoms with Crippen LogP contribution in [0.4, 0.5) is 17.3 Å². The number of aromatic nitrogens is 2. The quantitative estimate of drug-likeness (QED) is 0.836. The molecule has 0 aliphatic heterocycles. The number of rotatable bonds is 3. The van der Waals surface area contributed by atoms with Crippen LogP contribution in [0, 0.1) is 0 Å². The van der Waals surface area contributed by atoms with Crippen molar-refractivity contribution in [3.63, 3.8) is 0 Å². The molecule has 5 nitrogen and oxygen atoms in total. The van der Waals surface area contributed by atoms with Gasteiger partial charge in [-0.3, -0.25) is 4.79 Å². The van der Waals surface area contributed by atoms with Crippen LogP contribution in [-0.2, 0) is 12.8 Å². The maximum Gasteiger partial charge on any atom is 0.157 e. The third-order valence-electron chi connectivity index (χ3n) is 3.68. The normalized spacial score (nSPS) is 13.6. The monoisotopic (exact) mass is 268 g/mol. The number of nitrogens with zero attached hydrogens (tertiary/aromatic N) is 2. The van der Waals surface area contributed by atoms with Crippen molar-refractivity contribution in [2.24, 2.45) is 0 Å². The molecule has 20 heavy (non-hydrogen) atoms. The zero-order chi connectivity index (χ0) is 13.9. The maximum atomic E-state index is 11.1. The van der Waals surface area contributed by atoms with Crippen molar-refractivity contribution >= 4 is 23.6 Å². The van der Waals surface area contributed by atoms with Gasteiger partial charge in [-0.15, -0.1) is 0 Å². The summed E-state index contributed by atoms with van der Waals surface area (Å²) in [6.07, 6.45) is 6.63. The van der Waals surface area contributed by atoms with Crippen LogP contribution in [0.25, 0.3) is 0 Å². The van der Waals surface area contributed by atoms with E-state index < -0.39 is 0 Å². The largest absolute Gasteiger partial charge is 0.383 e. The smallest absolute Gasteiger partial charge is 0.157 e. The minimum Gasteiger partial charge on any atom is -0.383 e. The number of benzene rings is 1. The molecule has 3 N–H and O–H groups in total. The van der Waals surface area contributed by atoms with E-state index in [0.29, 0.717) is 17.7 Å². The van der Waals surface area contributed by atoms with Crippen molar-refractivity contribution in [3.8, 4) is 0 Å². The first kappa shape index (κ1) is 12.6. The highest BCUT2D eigenvalue weighted by Gasteiger charge is 2.15. The Morgan fingerprint density at radius 1 is 1.20 bits per heavy atom. The SMILES string of the molecule is Nc1ncnc(Nc2cccc3c2CCCC3)c1C=O. The lowest BCUT2D eigenvalue weighted by atomic mass is 9.90. The summed E-state index contributed by atoms with van der Waals surface area (Å²) in [5.41, 5.74) is 9.69. The number of carbonyl (C=O) groups is 1. The lowest BCUT2D eigenvalue weighted by Gasteiger charge is -2.20. The van der Waals surface area contributed by atoms with Crippen LogP contribution < -0.4 is 11.1 Å². The van der Waals surface area contributed by atoms with Gasteiger partial charge in [-0.05, 0) is 42.9 Å². The number of hydrogen-bond donors (Lipinski definition) is 2. The molecule has 3 rings (SSSR count). The van der Waals surface area contributed by atoms with Gasteiger partial charge in [0.05, 0.1) is 5.56 Å². The van der Waals surface area contributed by atoms with Crippen LogP contribution in [0.2, 0.25) is 0 Å². The number of nitrogen functional groups attached to an aromatic ring is 1. The second-order valence-electron chi connectivity index (χ2n) is 4.91. The predicted octanol–water partition coefficient (Wildman–Crippen LogP) is 2.49. The minimum absolute atomic E-state index is 0.197. The van der Waals surface area contributed by atoms with Gasteiger partial charge >= 0.3 is 0 Å². The molecule has 0 radical (unpaired) electrons.